The molecule has 40 heavy (non-hydrogen) atoms. The number of para-hydroxylation sites is 2. The molecule has 0 unspecified atom stereocenters. The fraction of sp³-hybridized carbons (Fsp3) is 0.290. The molecule has 1 N–H and O–H groups in total. The number of nitrogens with zero attached hydrogens (tertiary/aromatic N) is 3. The first-order valence-electron chi connectivity index (χ1n) is 13.4. The number of carbonyl (C=O) groups is 2. The average molecular weight is 555 g/mol. The Labute approximate surface area is 235 Å². The number of amides is 2. The van der Waals surface area contributed by atoms with E-state index < -0.39 is 17.4 Å². The number of hydrogen-bond donors (Lipinski definition) is 1. The van der Waals surface area contributed by atoms with Gasteiger partial charge in [-0.1, -0.05) is 55.8 Å². The van der Waals surface area contributed by atoms with Gasteiger partial charge < -0.3 is 4.74 Å². The number of anilines is 1. The molecule has 4 heterocycles. The number of fused-ring (bicyclic) bond motifs is 8. The summed E-state index contributed by atoms with van der Waals surface area (Å²) >= 11 is 6.33. The smallest absolute Gasteiger partial charge is 0.266 e. The van der Waals surface area contributed by atoms with Crippen molar-refractivity contribution in [1.82, 2.24) is 14.9 Å². The number of hydrogen-bond acceptors (Lipinski definition) is 6. The van der Waals surface area contributed by atoms with Crippen LogP contribution in [-0.2, 0) is 15.1 Å². The minimum absolute atomic E-state index is 0.208. The number of ether oxygens (including phenoxy) is 1. The van der Waals surface area contributed by atoms with Crippen molar-refractivity contribution in [3.05, 3.63) is 93.5 Å². The number of halogens is 1. The Bertz CT molecular complexity index is 1800. The number of nitrogens with one attached hydrogen (secondary N) is 1. The lowest BCUT2D eigenvalue weighted by atomic mass is 9.75. The normalized spacial score (nSPS) is 24.7. The van der Waals surface area contributed by atoms with Gasteiger partial charge in [-0.25, -0.2) is 9.88 Å². The SMILES string of the molecule is COc1ccc(Cl)cc1N1C(=O)[C@H]2[C@@H](CC(C)C)N[C@@]3(c4ccccc4-n4c3nc3ccccc3c4=O)[C@H]2C1=O. The first-order valence-corrected chi connectivity index (χ1v) is 13.8. The van der Waals surface area contributed by atoms with Crippen molar-refractivity contribution < 1.29 is 14.3 Å². The standard InChI is InChI=1S/C31H27ClN4O4/c1-16(2)14-21-25-26(29(39)35(28(25)38)23-15-17(32)12-13-24(23)40-3)31(34-21)19-9-5-7-11-22(19)36-27(37)18-8-4-6-10-20(18)33-30(31)36/h4-13,15-16,21,25-26,34H,14H2,1-3H3/t21-,25+,26-,31+/m1/s1. The van der Waals surface area contributed by atoms with Gasteiger partial charge in [0.25, 0.3) is 5.56 Å². The Morgan fingerprint density at radius 2 is 1.75 bits per heavy atom. The molecule has 202 valence electrons. The monoisotopic (exact) mass is 554 g/mol. The minimum atomic E-state index is -1.18. The van der Waals surface area contributed by atoms with E-state index in [0.29, 0.717) is 45.3 Å². The highest BCUT2D eigenvalue weighted by molar-refractivity contribution is 6.31. The molecule has 3 aliphatic heterocycles. The zero-order valence-corrected chi connectivity index (χ0v) is 23.0. The Morgan fingerprint density at radius 1 is 1.00 bits per heavy atom. The number of methoxy groups -OCH3 is 1. The fourth-order valence-corrected chi connectivity index (χ4v) is 7.17. The molecule has 0 bridgehead atoms. The summed E-state index contributed by atoms with van der Waals surface area (Å²) in [6, 6.07) is 19.3. The maximum Gasteiger partial charge on any atom is 0.266 e. The van der Waals surface area contributed by atoms with E-state index in [-0.39, 0.29) is 29.3 Å². The lowest BCUT2D eigenvalue weighted by molar-refractivity contribution is -0.123. The van der Waals surface area contributed by atoms with Gasteiger partial charge in [0.1, 0.15) is 17.1 Å². The van der Waals surface area contributed by atoms with Gasteiger partial charge in [0, 0.05) is 16.6 Å². The molecule has 2 fully saturated rings. The van der Waals surface area contributed by atoms with E-state index in [4.69, 9.17) is 21.3 Å². The molecule has 4 atom stereocenters. The van der Waals surface area contributed by atoms with Gasteiger partial charge in [-0.05, 0) is 48.7 Å². The van der Waals surface area contributed by atoms with Crippen molar-refractivity contribution in [3.63, 3.8) is 0 Å². The van der Waals surface area contributed by atoms with E-state index in [1.807, 2.05) is 36.4 Å². The third kappa shape index (κ3) is 3.17. The van der Waals surface area contributed by atoms with Crippen molar-refractivity contribution in [1.29, 1.82) is 0 Å². The summed E-state index contributed by atoms with van der Waals surface area (Å²) in [6.45, 7) is 4.18. The molecule has 8 nitrogen and oxygen atoms in total. The van der Waals surface area contributed by atoms with Crippen LogP contribution < -0.4 is 20.5 Å². The van der Waals surface area contributed by atoms with E-state index in [1.165, 1.54) is 12.0 Å². The van der Waals surface area contributed by atoms with Crippen LogP contribution in [-0.4, -0.2) is 34.5 Å². The molecule has 3 aromatic carbocycles. The molecular weight excluding hydrogens is 528 g/mol. The lowest BCUT2D eigenvalue weighted by Crippen LogP contribution is -2.50. The van der Waals surface area contributed by atoms with E-state index in [9.17, 15) is 14.4 Å². The fourth-order valence-electron chi connectivity index (χ4n) is 7.00. The number of rotatable bonds is 4. The maximum absolute atomic E-state index is 14.6. The Kier molecular flexibility index (Phi) is 5.46. The molecule has 0 radical (unpaired) electrons. The second-order valence-corrected chi connectivity index (χ2v) is 11.6. The zero-order valence-electron chi connectivity index (χ0n) is 22.2. The van der Waals surface area contributed by atoms with E-state index in [1.54, 1.807) is 34.9 Å². The van der Waals surface area contributed by atoms with Gasteiger partial charge in [0.05, 0.1) is 41.2 Å². The summed E-state index contributed by atoms with van der Waals surface area (Å²) in [4.78, 5) is 49.0. The molecule has 4 aromatic rings. The summed E-state index contributed by atoms with van der Waals surface area (Å²) in [5.41, 5.74) is 0.890. The Morgan fingerprint density at radius 3 is 2.52 bits per heavy atom. The van der Waals surface area contributed by atoms with Gasteiger partial charge in [0.2, 0.25) is 11.8 Å². The highest BCUT2D eigenvalue weighted by Gasteiger charge is 2.70. The van der Waals surface area contributed by atoms with Crippen molar-refractivity contribution in [2.75, 3.05) is 12.0 Å². The van der Waals surface area contributed by atoms with Crippen molar-refractivity contribution in [2.24, 2.45) is 17.8 Å². The molecule has 9 heteroatoms. The maximum atomic E-state index is 14.6. The summed E-state index contributed by atoms with van der Waals surface area (Å²) in [7, 11) is 1.49. The van der Waals surface area contributed by atoms with Crippen LogP contribution in [0, 0.1) is 17.8 Å². The van der Waals surface area contributed by atoms with Gasteiger partial charge in [-0.15, -0.1) is 0 Å². The van der Waals surface area contributed by atoms with Crippen LogP contribution in [0.5, 0.6) is 5.75 Å². The number of carbonyl (C=O) groups excluding carboxylic acids is 2. The summed E-state index contributed by atoms with van der Waals surface area (Å²) in [5.74, 6) is -1.16. The van der Waals surface area contributed by atoms with Gasteiger partial charge in [-0.3, -0.25) is 24.3 Å². The van der Waals surface area contributed by atoms with Crippen LogP contribution in [0.4, 0.5) is 5.69 Å². The quantitative estimate of drug-likeness (QED) is 0.375. The summed E-state index contributed by atoms with van der Waals surface area (Å²) < 4.78 is 7.15. The van der Waals surface area contributed by atoms with E-state index in [0.717, 1.165) is 5.56 Å². The van der Waals surface area contributed by atoms with Gasteiger partial charge in [-0.2, -0.15) is 0 Å². The molecule has 7 rings (SSSR count). The average Bonchev–Trinajstić information content (AvgIpc) is 3.51. The van der Waals surface area contributed by atoms with E-state index >= 15 is 0 Å². The molecule has 2 amide bonds. The number of benzene rings is 3. The molecule has 1 spiro atoms. The second kappa shape index (κ2) is 8.74. The Hall–Kier alpha value is -4.01. The molecule has 3 aliphatic rings. The molecular formula is C31H27ClN4O4. The predicted molar refractivity (Wildman–Crippen MR) is 152 cm³/mol. The van der Waals surface area contributed by atoms with Crippen LogP contribution in [0.15, 0.2) is 71.5 Å². The van der Waals surface area contributed by atoms with Gasteiger partial charge in [0.15, 0.2) is 0 Å². The first-order chi connectivity index (χ1) is 19.3. The topological polar surface area (TPSA) is 93.5 Å². The third-order valence-electron chi connectivity index (χ3n) is 8.47. The van der Waals surface area contributed by atoms with Crippen molar-refractivity contribution in [3.8, 4) is 11.4 Å². The van der Waals surface area contributed by atoms with Crippen LogP contribution in [0.1, 0.15) is 31.7 Å². The predicted octanol–water partition coefficient (Wildman–Crippen LogP) is 4.43. The zero-order chi connectivity index (χ0) is 27.9. The molecule has 0 saturated carbocycles. The molecule has 2 saturated heterocycles. The molecule has 0 aliphatic carbocycles. The van der Waals surface area contributed by atoms with Gasteiger partial charge >= 0.3 is 0 Å². The van der Waals surface area contributed by atoms with Crippen LogP contribution in [0.2, 0.25) is 5.02 Å². The highest BCUT2D eigenvalue weighted by atomic mass is 35.5. The van der Waals surface area contributed by atoms with E-state index in [2.05, 4.69) is 19.2 Å². The van der Waals surface area contributed by atoms with Crippen LogP contribution >= 0.6 is 11.6 Å². The number of aromatic nitrogens is 2. The first kappa shape index (κ1) is 25.0. The third-order valence-corrected chi connectivity index (χ3v) is 8.70. The summed E-state index contributed by atoms with van der Waals surface area (Å²) in [5, 5.41) is 4.61. The Balaban J connectivity index is 1.52. The van der Waals surface area contributed by atoms with Crippen molar-refractivity contribution in [2.45, 2.75) is 31.8 Å². The summed E-state index contributed by atoms with van der Waals surface area (Å²) in [6.07, 6.45) is 0.655. The second-order valence-electron chi connectivity index (χ2n) is 11.1. The minimum Gasteiger partial charge on any atom is -0.495 e. The lowest BCUT2D eigenvalue weighted by Gasteiger charge is -2.32. The van der Waals surface area contributed by atoms with Crippen LogP contribution in [0.25, 0.3) is 16.6 Å². The van der Waals surface area contributed by atoms with Crippen molar-refractivity contribution >= 4 is 40.0 Å². The highest BCUT2D eigenvalue weighted by Crippen LogP contribution is 2.56. The largest absolute Gasteiger partial charge is 0.495 e. The number of imide groups is 1. The van der Waals surface area contributed by atoms with Crippen LogP contribution in [0.3, 0.4) is 0 Å². The molecule has 1 aromatic heterocycles.